The van der Waals surface area contributed by atoms with E-state index in [1.54, 1.807) is 12.7 Å². The van der Waals surface area contributed by atoms with Gasteiger partial charge in [-0.15, -0.1) is 0 Å². The van der Waals surface area contributed by atoms with Crippen molar-refractivity contribution in [3.05, 3.63) is 30.5 Å². The smallest absolute Gasteiger partial charge is 0.134 e. The van der Waals surface area contributed by atoms with Crippen molar-refractivity contribution >= 4 is 17.5 Å². The Morgan fingerprint density at radius 1 is 0.731 bits per heavy atom. The van der Waals surface area contributed by atoms with Crippen molar-refractivity contribution in [1.29, 1.82) is 0 Å². The standard InChI is InChI=1S/C18H25N7O/c1-2-15-11-16(20-13-19-15)23-3-5-24(6-4-23)17-12-18(22-14-21-17)25-7-9-26-10-8-25/h11-14H,2-10H2,1H3. The molecule has 0 aliphatic carbocycles. The number of aromatic nitrogens is 4. The predicted molar refractivity (Wildman–Crippen MR) is 101 cm³/mol. The van der Waals surface area contributed by atoms with E-state index in [1.165, 1.54) is 0 Å². The van der Waals surface area contributed by atoms with Crippen molar-refractivity contribution in [1.82, 2.24) is 19.9 Å². The van der Waals surface area contributed by atoms with Gasteiger partial charge in [-0.05, 0) is 6.42 Å². The van der Waals surface area contributed by atoms with Gasteiger partial charge < -0.3 is 19.4 Å². The maximum absolute atomic E-state index is 5.43. The maximum Gasteiger partial charge on any atom is 0.134 e. The van der Waals surface area contributed by atoms with Crippen LogP contribution in [0.4, 0.5) is 17.5 Å². The minimum Gasteiger partial charge on any atom is -0.378 e. The number of aryl methyl sites for hydroxylation is 1. The van der Waals surface area contributed by atoms with Crippen molar-refractivity contribution in [2.24, 2.45) is 0 Å². The Kier molecular flexibility index (Phi) is 5.10. The average molecular weight is 355 g/mol. The Balaban J connectivity index is 1.41. The summed E-state index contributed by atoms with van der Waals surface area (Å²) in [5.41, 5.74) is 1.09. The van der Waals surface area contributed by atoms with Crippen LogP contribution in [0.25, 0.3) is 0 Å². The minimum absolute atomic E-state index is 0.761. The van der Waals surface area contributed by atoms with Crippen LogP contribution in [0.2, 0.25) is 0 Å². The molecule has 2 aromatic rings. The summed E-state index contributed by atoms with van der Waals surface area (Å²) in [7, 11) is 0. The summed E-state index contributed by atoms with van der Waals surface area (Å²) in [6, 6.07) is 4.19. The molecule has 2 aliphatic rings. The molecule has 8 heteroatoms. The monoisotopic (exact) mass is 355 g/mol. The van der Waals surface area contributed by atoms with Crippen LogP contribution in [0.3, 0.4) is 0 Å². The van der Waals surface area contributed by atoms with Gasteiger partial charge in [-0.3, -0.25) is 0 Å². The zero-order chi connectivity index (χ0) is 17.8. The molecule has 0 aromatic carbocycles. The van der Waals surface area contributed by atoms with Crippen LogP contribution in [0.5, 0.6) is 0 Å². The highest BCUT2D eigenvalue weighted by Gasteiger charge is 2.21. The minimum atomic E-state index is 0.761. The third-order valence-electron chi connectivity index (χ3n) is 4.97. The molecule has 2 saturated heterocycles. The molecule has 0 atom stereocenters. The van der Waals surface area contributed by atoms with Gasteiger partial charge in [0.15, 0.2) is 0 Å². The SMILES string of the molecule is CCc1cc(N2CCN(c3cc(N4CCOCC4)ncn3)CC2)ncn1. The van der Waals surface area contributed by atoms with Crippen LogP contribution in [-0.4, -0.2) is 72.4 Å². The van der Waals surface area contributed by atoms with E-state index >= 15 is 0 Å². The highest BCUT2D eigenvalue weighted by Crippen LogP contribution is 2.21. The van der Waals surface area contributed by atoms with E-state index in [-0.39, 0.29) is 0 Å². The van der Waals surface area contributed by atoms with Gasteiger partial charge in [-0.2, -0.15) is 0 Å². The molecule has 0 N–H and O–H groups in total. The average Bonchev–Trinajstić information content (AvgIpc) is 2.75. The number of hydrogen-bond acceptors (Lipinski definition) is 8. The number of anilines is 3. The van der Waals surface area contributed by atoms with Gasteiger partial charge in [-0.1, -0.05) is 6.92 Å². The third kappa shape index (κ3) is 3.70. The van der Waals surface area contributed by atoms with Gasteiger partial charge in [0.05, 0.1) is 13.2 Å². The van der Waals surface area contributed by atoms with Gasteiger partial charge in [-0.25, -0.2) is 19.9 Å². The van der Waals surface area contributed by atoms with Gasteiger partial charge >= 0.3 is 0 Å². The molecule has 26 heavy (non-hydrogen) atoms. The molecular formula is C18H25N7O. The Bertz CT molecular complexity index is 727. The first kappa shape index (κ1) is 17.0. The van der Waals surface area contributed by atoms with Crippen molar-refractivity contribution in [2.75, 3.05) is 67.2 Å². The first-order chi connectivity index (χ1) is 12.8. The molecule has 4 rings (SSSR count). The van der Waals surface area contributed by atoms with E-state index in [0.29, 0.717) is 0 Å². The van der Waals surface area contributed by atoms with Gasteiger partial charge in [0, 0.05) is 57.1 Å². The predicted octanol–water partition coefficient (Wildman–Crippen LogP) is 0.992. The lowest BCUT2D eigenvalue weighted by Gasteiger charge is -2.36. The Labute approximate surface area is 153 Å². The number of rotatable bonds is 4. The van der Waals surface area contributed by atoms with Gasteiger partial charge in [0.1, 0.15) is 30.1 Å². The zero-order valence-corrected chi connectivity index (χ0v) is 15.2. The van der Waals surface area contributed by atoms with E-state index < -0.39 is 0 Å². The third-order valence-corrected chi connectivity index (χ3v) is 4.97. The van der Waals surface area contributed by atoms with Crippen LogP contribution in [-0.2, 0) is 11.2 Å². The molecular weight excluding hydrogens is 330 g/mol. The lowest BCUT2D eigenvalue weighted by molar-refractivity contribution is 0.122. The van der Waals surface area contributed by atoms with E-state index in [0.717, 1.165) is 82.1 Å². The van der Waals surface area contributed by atoms with E-state index in [1.807, 2.05) is 0 Å². The Morgan fingerprint density at radius 2 is 1.23 bits per heavy atom. The summed E-state index contributed by atoms with van der Waals surface area (Å²) in [5, 5.41) is 0. The van der Waals surface area contributed by atoms with Crippen molar-refractivity contribution < 1.29 is 4.74 Å². The summed E-state index contributed by atoms with van der Waals surface area (Å²) >= 11 is 0. The maximum atomic E-state index is 5.43. The quantitative estimate of drug-likeness (QED) is 0.804. The summed E-state index contributed by atoms with van der Waals surface area (Å²) in [5.74, 6) is 3.01. The summed E-state index contributed by atoms with van der Waals surface area (Å²) < 4.78 is 5.43. The molecule has 2 fully saturated rings. The molecule has 2 aromatic heterocycles. The fraction of sp³-hybridized carbons (Fsp3) is 0.556. The molecule has 0 saturated carbocycles. The number of morpholine rings is 1. The first-order valence-electron chi connectivity index (χ1n) is 9.29. The van der Waals surface area contributed by atoms with Crippen LogP contribution < -0.4 is 14.7 Å². The largest absolute Gasteiger partial charge is 0.378 e. The summed E-state index contributed by atoms with van der Waals surface area (Å²) in [4.78, 5) is 24.6. The van der Waals surface area contributed by atoms with Crippen molar-refractivity contribution in [2.45, 2.75) is 13.3 Å². The molecule has 8 nitrogen and oxygen atoms in total. The van der Waals surface area contributed by atoms with E-state index in [9.17, 15) is 0 Å². The molecule has 0 unspecified atom stereocenters. The second-order valence-electron chi connectivity index (χ2n) is 6.53. The number of piperazine rings is 1. The van der Waals surface area contributed by atoms with E-state index in [2.05, 4.69) is 53.7 Å². The topological polar surface area (TPSA) is 70.5 Å². The van der Waals surface area contributed by atoms with Gasteiger partial charge in [0.2, 0.25) is 0 Å². The molecule has 138 valence electrons. The Hall–Kier alpha value is -2.48. The lowest BCUT2D eigenvalue weighted by atomic mass is 10.2. The molecule has 0 bridgehead atoms. The molecule has 0 amide bonds. The van der Waals surface area contributed by atoms with Crippen LogP contribution in [0.15, 0.2) is 24.8 Å². The highest BCUT2D eigenvalue weighted by atomic mass is 16.5. The number of nitrogens with zero attached hydrogens (tertiary/aromatic N) is 7. The molecule has 2 aliphatic heterocycles. The first-order valence-corrected chi connectivity index (χ1v) is 9.29. The lowest BCUT2D eigenvalue weighted by Crippen LogP contribution is -2.47. The second-order valence-corrected chi connectivity index (χ2v) is 6.53. The van der Waals surface area contributed by atoms with Crippen LogP contribution in [0.1, 0.15) is 12.6 Å². The molecule has 0 spiro atoms. The number of hydrogen-bond donors (Lipinski definition) is 0. The highest BCUT2D eigenvalue weighted by molar-refractivity contribution is 5.52. The number of ether oxygens (including phenoxy) is 1. The van der Waals surface area contributed by atoms with Crippen molar-refractivity contribution in [3.63, 3.8) is 0 Å². The zero-order valence-electron chi connectivity index (χ0n) is 15.2. The van der Waals surface area contributed by atoms with Gasteiger partial charge in [0.25, 0.3) is 0 Å². The van der Waals surface area contributed by atoms with Crippen LogP contribution >= 0.6 is 0 Å². The van der Waals surface area contributed by atoms with Crippen molar-refractivity contribution in [3.8, 4) is 0 Å². The summed E-state index contributed by atoms with van der Waals surface area (Å²) in [6.45, 7) is 9.11. The summed E-state index contributed by atoms with van der Waals surface area (Å²) in [6.07, 6.45) is 4.27. The Morgan fingerprint density at radius 3 is 1.81 bits per heavy atom. The fourth-order valence-electron chi connectivity index (χ4n) is 3.39. The molecule has 0 radical (unpaired) electrons. The molecule has 4 heterocycles. The second kappa shape index (κ2) is 7.82. The fourth-order valence-corrected chi connectivity index (χ4v) is 3.39. The normalized spacial score (nSPS) is 18.3. The van der Waals surface area contributed by atoms with E-state index in [4.69, 9.17) is 4.74 Å². The van der Waals surface area contributed by atoms with Crippen LogP contribution in [0, 0.1) is 0 Å².